The maximum Gasteiger partial charge on any atom is 0.248 e. The van der Waals surface area contributed by atoms with Gasteiger partial charge in [0.15, 0.2) is 0 Å². The standard InChI is InChI=1S/C14H15N3O2S/c18-14(9-3-4-9)17-6-1-2-11(17)13-16-15-12(19-13)10-5-7-20-8-10/h5,7-9,11H,1-4,6H2. The normalized spacial score (nSPS) is 22.4. The van der Waals surface area contributed by atoms with E-state index < -0.39 is 0 Å². The molecule has 0 radical (unpaired) electrons. The highest BCUT2D eigenvalue weighted by Crippen LogP contribution is 2.38. The lowest BCUT2D eigenvalue weighted by Gasteiger charge is -2.21. The second-order valence-electron chi connectivity index (χ2n) is 5.42. The number of likely N-dealkylation sites (tertiary alicyclic amines) is 1. The van der Waals surface area contributed by atoms with Crippen LogP contribution in [0, 0.1) is 5.92 Å². The van der Waals surface area contributed by atoms with Crippen molar-refractivity contribution in [2.45, 2.75) is 31.7 Å². The minimum atomic E-state index is -0.0250. The average molecular weight is 289 g/mol. The Morgan fingerprint density at radius 3 is 3.00 bits per heavy atom. The summed E-state index contributed by atoms with van der Waals surface area (Å²) in [5, 5.41) is 12.2. The molecule has 1 atom stereocenters. The predicted molar refractivity (Wildman–Crippen MR) is 74.0 cm³/mol. The summed E-state index contributed by atoms with van der Waals surface area (Å²) in [5.41, 5.74) is 0.951. The van der Waals surface area contributed by atoms with Crippen LogP contribution < -0.4 is 0 Å². The van der Waals surface area contributed by atoms with Crippen LogP contribution in [0.4, 0.5) is 0 Å². The fourth-order valence-electron chi connectivity index (χ4n) is 2.72. The first kappa shape index (κ1) is 12.1. The molecule has 0 bridgehead atoms. The summed E-state index contributed by atoms with van der Waals surface area (Å²) in [6.07, 6.45) is 4.00. The van der Waals surface area contributed by atoms with Gasteiger partial charge in [-0.15, -0.1) is 10.2 Å². The Morgan fingerprint density at radius 1 is 1.35 bits per heavy atom. The van der Waals surface area contributed by atoms with Crippen molar-refractivity contribution in [2.24, 2.45) is 5.92 Å². The van der Waals surface area contributed by atoms with E-state index in [2.05, 4.69) is 10.2 Å². The summed E-state index contributed by atoms with van der Waals surface area (Å²) in [4.78, 5) is 14.2. The Bertz CT molecular complexity index is 618. The van der Waals surface area contributed by atoms with E-state index in [0.29, 0.717) is 11.8 Å². The molecule has 1 saturated carbocycles. The Balaban J connectivity index is 1.58. The average Bonchev–Trinajstić information content (AvgIpc) is 2.93. The number of aromatic nitrogens is 2. The van der Waals surface area contributed by atoms with Crippen LogP contribution in [0.5, 0.6) is 0 Å². The number of rotatable bonds is 3. The van der Waals surface area contributed by atoms with Gasteiger partial charge in [0.05, 0.1) is 0 Å². The molecule has 0 aromatic carbocycles. The third-order valence-corrected chi connectivity index (χ3v) is 4.64. The smallest absolute Gasteiger partial charge is 0.248 e. The van der Waals surface area contributed by atoms with E-state index in [9.17, 15) is 4.79 Å². The van der Waals surface area contributed by atoms with Crippen LogP contribution in [0.25, 0.3) is 11.5 Å². The van der Waals surface area contributed by atoms with E-state index >= 15 is 0 Å². The number of thiophene rings is 1. The first-order chi connectivity index (χ1) is 9.83. The number of hydrogen-bond acceptors (Lipinski definition) is 5. The van der Waals surface area contributed by atoms with Crippen LogP contribution in [-0.4, -0.2) is 27.5 Å². The first-order valence-electron chi connectivity index (χ1n) is 6.99. The number of carbonyl (C=O) groups is 1. The maximum absolute atomic E-state index is 12.3. The summed E-state index contributed by atoms with van der Waals surface area (Å²) >= 11 is 1.60. The van der Waals surface area contributed by atoms with Gasteiger partial charge in [-0.2, -0.15) is 11.3 Å². The molecule has 1 amide bonds. The van der Waals surface area contributed by atoms with Crippen LogP contribution >= 0.6 is 11.3 Å². The lowest BCUT2D eigenvalue weighted by atomic mass is 10.2. The molecule has 2 aromatic rings. The van der Waals surface area contributed by atoms with Crippen molar-refractivity contribution in [1.29, 1.82) is 0 Å². The Hall–Kier alpha value is -1.69. The molecule has 5 nitrogen and oxygen atoms in total. The Labute approximate surface area is 120 Å². The second-order valence-corrected chi connectivity index (χ2v) is 6.20. The zero-order valence-corrected chi connectivity index (χ0v) is 11.8. The highest BCUT2D eigenvalue weighted by Gasteiger charge is 2.40. The summed E-state index contributed by atoms with van der Waals surface area (Å²) in [5.74, 6) is 1.64. The SMILES string of the molecule is O=C(C1CC1)N1CCCC1c1nnc(-c2ccsc2)o1. The van der Waals surface area contributed by atoms with E-state index in [1.54, 1.807) is 11.3 Å². The molecular formula is C14H15N3O2S. The maximum atomic E-state index is 12.3. The zero-order chi connectivity index (χ0) is 13.5. The van der Waals surface area contributed by atoms with Gasteiger partial charge >= 0.3 is 0 Å². The lowest BCUT2D eigenvalue weighted by molar-refractivity contribution is -0.133. The van der Waals surface area contributed by atoms with Crippen LogP contribution in [0.15, 0.2) is 21.2 Å². The van der Waals surface area contributed by atoms with Gasteiger partial charge in [-0.3, -0.25) is 4.79 Å². The fourth-order valence-corrected chi connectivity index (χ4v) is 3.35. The third-order valence-electron chi connectivity index (χ3n) is 3.96. The molecule has 0 N–H and O–H groups in total. The van der Waals surface area contributed by atoms with Crippen LogP contribution in [0.3, 0.4) is 0 Å². The van der Waals surface area contributed by atoms with E-state index in [-0.39, 0.29) is 17.9 Å². The lowest BCUT2D eigenvalue weighted by Crippen LogP contribution is -2.31. The van der Waals surface area contributed by atoms with Gasteiger partial charge in [0.25, 0.3) is 0 Å². The van der Waals surface area contributed by atoms with E-state index in [1.165, 1.54) is 0 Å². The van der Waals surface area contributed by atoms with E-state index in [0.717, 1.165) is 37.8 Å². The molecule has 6 heteroatoms. The molecule has 3 heterocycles. The van der Waals surface area contributed by atoms with Gasteiger partial charge in [0, 0.05) is 23.4 Å². The molecule has 4 rings (SSSR count). The fraction of sp³-hybridized carbons (Fsp3) is 0.500. The summed E-state index contributed by atoms with van der Waals surface area (Å²) in [7, 11) is 0. The first-order valence-corrected chi connectivity index (χ1v) is 7.93. The molecule has 20 heavy (non-hydrogen) atoms. The molecule has 1 saturated heterocycles. The van der Waals surface area contributed by atoms with Crippen molar-refractivity contribution in [3.8, 4) is 11.5 Å². The predicted octanol–water partition coefficient (Wildman–Crippen LogP) is 2.87. The van der Waals surface area contributed by atoms with Gasteiger partial charge in [-0.05, 0) is 37.1 Å². The van der Waals surface area contributed by atoms with Crippen molar-refractivity contribution in [3.63, 3.8) is 0 Å². The topological polar surface area (TPSA) is 59.2 Å². The Kier molecular flexibility index (Phi) is 2.84. The highest BCUT2D eigenvalue weighted by molar-refractivity contribution is 7.08. The van der Waals surface area contributed by atoms with Crippen LogP contribution in [0.1, 0.15) is 37.6 Å². The molecule has 0 spiro atoms. The molecule has 1 aliphatic heterocycles. The second kappa shape index (κ2) is 4.70. The van der Waals surface area contributed by atoms with Crippen LogP contribution in [0.2, 0.25) is 0 Å². The molecule has 1 aliphatic carbocycles. The molecule has 104 valence electrons. The van der Waals surface area contributed by atoms with Crippen molar-refractivity contribution < 1.29 is 9.21 Å². The minimum Gasteiger partial charge on any atom is -0.418 e. The largest absolute Gasteiger partial charge is 0.418 e. The van der Waals surface area contributed by atoms with Crippen molar-refractivity contribution >= 4 is 17.2 Å². The zero-order valence-electron chi connectivity index (χ0n) is 11.0. The summed E-state index contributed by atoms with van der Waals surface area (Å²) < 4.78 is 5.78. The van der Waals surface area contributed by atoms with E-state index in [4.69, 9.17) is 4.42 Å². The van der Waals surface area contributed by atoms with Gasteiger partial charge in [0.1, 0.15) is 6.04 Å². The number of hydrogen-bond donors (Lipinski definition) is 0. The molecule has 2 aliphatic rings. The van der Waals surface area contributed by atoms with Crippen molar-refractivity contribution in [1.82, 2.24) is 15.1 Å². The number of amides is 1. The molecule has 1 unspecified atom stereocenters. The van der Waals surface area contributed by atoms with E-state index in [1.807, 2.05) is 21.7 Å². The number of carbonyl (C=O) groups excluding carboxylic acids is 1. The minimum absolute atomic E-state index is 0.0250. The molecule has 2 fully saturated rings. The highest BCUT2D eigenvalue weighted by atomic mass is 32.1. The van der Waals surface area contributed by atoms with Gasteiger partial charge in [0.2, 0.25) is 17.7 Å². The van der Waals surface area contributed by atoms with Crippen LogP contribution in [-0.2, 0) is 4.79 Å². The Morgan fingerprint density at radius 2 is 2.25 bits per heavy atom. The summed E-state index contributed by atoms with van der Waals surface area (Å²) in [6.45, 7) is 0.816. The number of nitrogens with zero attached hydrogens (tertiary/aromatic N) is 3. The van der Waals surface area contributed by atoms with Gasteiger partial charge < -0.3 is 9.32 Å². The molecule has 2 aromatic heterocycles. The van der Waals surface area contributed by atoms with Gasteiger partial charge in [-0.1, -0.05) is 0 Å². The van der Waals surface area contributed by atoms with Gasteiger partial charge in [-0.25, -0.2) is 0 Å². The summed E-state index contributed by atoms with van der Waals surface area (Å²) in [6, 6.07) is 1.94. The van der Waals surface area contributed by atoms with Crippen molar-refractivity contribution in [2.75, 3.05) is 6.54 Å². The van der Waals surface area contributed by atoms with Crippen molar-refractivity contribution in [3.05, 3.63) is 22.7 Å². The monoisotopic (exact) mass is 289 g/mol. The molecular weight excluding hydrogens is 274 g/mol. The quantitative estimate of drug-likeness (QED) is 0.871. The third kappa shape index (κ3) is 2.04.